The minimum Gasteiger partial charge on any atom is -0.300 e. The molecule has 0 spiro atoms. The zero-order valence-electron chi connectivity index (χ0n) is 5.78. The summed E-state index contributed by atoms with van der Waals surface area (Å²) in [5.41, 5.74) is 0. The van der Waals surface area contributed by atoms with Crippen molar-refractivity contribution in [2.24, 2.45) is 0 Å². The maximum absolute atomic E-state index is 10.9. The molecule has 1 N–H and O–H groups in total. The maximum atomic E-state index is 10.9. The summed E-state index contributed by atoms with van der Waals surface area (Å²) < 4.78 is 0. The van der Waals surface area contributed by atoms with Crippen molar-refractivity contribution in [3.05, 3.63) is 0 Å². The fourth-order valence-electron chi connectivity index (χ4n) is 0.986. The first kappa shape index (κ1) is 8.32. The minimum absolute atomic E-state index is 0.000602. The van der Waals surface area contributed by atoms with Gasteiger partial charge in [0.1, 0.15) is 5.78 Å². The molecule has 1 rings (SSSR count). The quantitative estimate of drug-likeness (QED) is 0.458. The van der Waals surface area contributed by atoms with E-state index in [2.05, 4.69) is 9.93 Å². The molecule has 5 nitrogen and oxygen atoms in total. The van der Waals surface area contributed by atoms with E-state index in [-0.39, 0.29) is 30.8 Å². The third-order valence-corrected chi connectivity index (χ3v) is 1.58. The molecule has 0 aromatic carbocycles. The molecular formula is C6H8O5. The molecule has 0 amide bonds. The fourth-order valence-corrected chi connectivity index (χ4v) is 0.986. The molecule has 11 heavy (non-hydrogen) atoms. The van der Waals surface area contributed by atoms with Gasteiger partial charge < -0.3 is 0 Å². The highest BCUT2D eigenvalue weighted by Gasteiger charge is 2.28. The van der Waals surface area contributed by atoms with Crippen LogP contribution >= 0.6 is 0 Å². The van der Waals surface area contributed by atoms with E-state index < -0.39 is 6.10 Å². The lowest BCUT2D eigenvalue weighted by Crippen LogP contribution is -2.31. The standard InChI is InChI=1S/C6H8O5/c7-4-1-2-5(8)6(3-4)10-11-9/h6,9H,1-3H2. The second kappa shape index (κ2) is 3.56. The van der Waals surface area contributed by atoms with Gasteiger partial charge >= 0.3 is 0 Å². The summed E-state index contributed by atoms with van der Waals surface area (Å²) in [4.78, 5) is 25.7. The van der Waals surface area contributed by atoms with Crippen molar-refractivity contribution in [1.29, 1.82) is 0 Å². The highest BCUT2D eigenvalue weighted by atomic mass is 17.5. The second-order valence-electron chi connectivity index (χ2n) is 2.37. The lowest BCUT2D eigenvalue weighted by molar-refractivity contribution is -0.500. The second-order valence-corrected chi connectivity index (χ2v) is 2.37. The summed E-state index contributed by atoms with van der Waals surface area (Å²) in [6.07, 6.45) is -0.475. The Balaban J connectivity index is 2.47. The first-order valence-electron chi connectivity index (χ1n) is 3.25. The molecule has 1 unspecified atom stereocenters. The summed E-state index contributed by atoms with van der Waals surface area (Å²) in [6.45, 7) is 0. The number of rotatable bonds is 2. The molecule has 1 aliphatic carbocycles. The van der Waals surface area contributed by atoms with Gasteiger partial charge in [-0.3, -0.25) is 9.59 Å². The van der Waals surface area contributed by atoms with Crippen LogP contribution in [-0.4, -0.2) is 22.9 Å². The normalized spacial score (nSPS) is 25.7. The van der Waals surface area contributed by atoms with Crippen LogP contribution in [0.1, 0.15) is 19.3 Å². The number of hydrogen-bond donors (Lipinski definition) is 1. The molecule has 0 saturated heterocycles. The number of Topliss-reactive ketones (excluding diaryl/α,β-unsaturated/α-hetero) is 2. The molecule has 1 atom stereocenters. The topological polar surface area (TPSA) is 72.8 Å². The monoisotopic (exact) mass is 160 g/mol. The van der Waals surface area contributed by atoms with Crippen molar-refractivity contribution >= 4 is 11.6 Å². The van der Waals surface area contributed by atoms with Crippen LogP contribution in [0.2, 0.25) is 0 Å². The Bertz CT molecular complexity index is 176. The Morgan fingerprint density at radius 3 is 2.73 bits per heavy atom. The van der Waals surface area contributed by atoms with Crippen molar-refractivity contribution in [2.45, 2.75) is 25.4 Å². The predicted molar refractivity (Wildman–Crippen MR) is 32.5 cm³/mol. The minimum atomic E-state index is -0.916. The van der Waals surface area contributed by atoms with Gasteiger partial charge in [-0.15, -0.1) is 0 Å². The van der Waals surface area contributed by atoms with Gasteiger partial charge in [0.05, 0.1) is 0 Å². The molecule has 0 radical (unpaired) electrons. The van der Waals surface area contributed by atoms with E-state index >= 15 is 0 Å². The average Bonchev–Trinajstić information content (AvgIpc) is 1.98. The Hall–Kier alpha value is -0.780. The summed E-state index contributed by atoms with van der Waals surface area (Å²) in [5, 5.41) is 11.2. The third-order valence-electron chi connectivity index (χ3n) is 1.58. The molecule has 1 fully saturated rings. The zero-order valence-corrected chi connectivity index (χ0v) is 5.78. The van der Waals surface area contributed by atoms with Gasteiger partial charge in [0, 0.05) is 19.3 Å². The van der Waals surface area contributed by atoms with E-state index in [1.807, 2.05) is 0 Å². The van der Waals surface area contributed by atoms with Crippen LogP contribution < -0.4 is 0 Å². The highest BCUT2D eigenvalue weighted by Crippen LogP contribution is 2.14. The molecule has 1 aliphatic rings. The molecular weight excluding hydrogens is 152 g/mol. The molecule has 1 saturated carbocycles. The smallest absolute Gasteiger partial charge is 0.165 e. The van der Waals surface area contributed by atoms with Crippen molar-refractivity contribution in [1.82, 2.24) is 0 Å². The molecule has 0 bridgehead atoms. The van der Waals surface area contributed by atoms with Gasteiger partial charge in [0.15, 0.2) is 11.9 Å². The molecule has 0 aliphatic heterocycles. The molecule has 5 heteroatoms. The number of ketones is 2. The summed E-state index contributed by atoms with van der Waals surface area (Å²) in [6, 6.07) is 0. The average molecular weight is 160 g/mol. The Morgan fingerprint density at radius 2 is 2.09 bits per heavy atom. The van der Waals surface area contributed by atoms with Crippen molar-refractivity contribution in [2.75, 3.05) is 0 Å². The van der Waals surface area contributed by atoms with Crippen LogP contribution in [0.5, 0.6) is 0 Å². The molecule has 62 valence electrons. The highest BCUT2D eigenvalue weighted by molar-refractivity contribution is 5.96. The summed E-state index contributed by atoms with van der Waals surface area (Å²) in [7, 11) is 0. The van der Waals surface area contributed by atoms with Crippen LogP contribution in [0.25, 0.3) is 0 Å². The van der Waals surface area contributed by atoms with Crippen LogP contribution in [-0.2, 0) is 19.5 Å². The van der Waals surface area contributed by atoms with E-state index in [1.54, 1.807) is 0 Å². The van der Waals surface area contributed by atoms with Crippen LogP contribution in [0.3, 0.4) is 0 Å². The Morgan fingerprint density at radius 1 is 1.36 bits per heavy atom. The summed E-state index contributed by atoms with van der Waals surface area (Å²) >= 11 is 0. The number of carbonyl (C=O) groups excluding carboxylic acids is 2. The first-order chi connectivity index (χ1) is 5.24. The largest absolute Gasteiger partial charge is 0.300 e. The van der Waals surface area contributed by atoms with Gasteiger partial charge in [0.25, 0.3) is 0 Å². The maximum Gasteiger partial charge on any atom is 0.165 e. The van der Waals surface area contributed by atoms with E-state index in [9.17, 15) is 9.59 Å². The van der Waals surface area contributed by atoms with E-state index in [4.69, 9.17) is 5.26 Å². The lowest BCUT2D eigenvalue weighted by atomic mass is 9.95. The van der Waals surface area contributed by atoms with Crippen LogP contribution in [0, 0.1) is 0 Å². The van der Waals surface area contributed by atoms with E-state index in [0.717, 1.165) is 0 Å². The lowest BCUT2D eigenvalue weighted by Gasteiger charge is -2.16. The van der Waals surface area contributed by atoms with Gasteiger partial charge in [-0.05, 0) is 0 Å². The summed E-state index contributed by atoms with van der Waals surface area (Å²) in [5.74, 6) is -0.259. The van der Waals surface area contributed by atoms with Crippen LogP contribution in [0.15, 0.2) is 0 Å². The first-order valence-corrected chi connectivity index (χ1v) is 3.25. The van der Waals surface area contributed by atoms with Crippen LogP contribution in [0.4, 0.5) is 0 Å². The fraction of sp³-hybridized carbons (Fsp3) is 0.667. The van der Waals surface area contributed by atoms with Gasteiger partial charge in [-0.2, -0.15) is 4.89 Å². The van der Waals surface area contributed by atoms with Gasteiger partial charge in [0.2, 0.25) is 0 Å². The van der Waals surface area contributed by atoms with E-state index in [0.29, 0.717) is 0 Å². The van der Waals surface area contributed by atoms with E-state index in [1.165, 1.54) is 0 Å². The third kappa shape index (κ3) is 2.07. The van der Waals surface area contributed by atoms with Crippen molar-refractivity contribution < 1.29 is 24.8 Å². The zero-order chi connectivity index (χ0) is 8.27. The molecule has 0 heterocycles. The Kier molecular flexibility index (Phi) is 2.70. The number of carbonyl (C=O) groups is 2. The van der Waals surface area contributed by atoms with Gasteiger partial charge in [-0.25, -0.2) is 5.26 Å². The molecule has 0 aromatic rings. The van der Waals surface area contributed by atoms with Crippen molar-refractivity contribution in [3.63, 3.8) is 0 Å². The predicted octanol–water partition coefficient (Wildman–Crippen LogP) is 0.0983. The SMILES string of the molecule is O=C1CCC(=O)C(OOO)C1. The Labute approximate surface area is 62.8 Å². The molecule has 0 aromatic heterocycles. The van der Waals surface area contributed by atoms with Gasteiger partial charge in [-0.1, -0.05) is 5.04 Å². The van der Waals surface area contributed by atoms with Crippen molar-refractivity contribution in [3.8, 4) is 0 Å². The number of hydrogen-bond acceptors (Lipinski definition) is 5.